The second kappa shape index (κ2) is 6.89. The number of rotatable bonds is 4. The highest BCUT2D eigenvalue weighted by Crippen LogP contribution is 2.24. The Morgan fingerprint density at radius 2 is 1.96 bits per heavy atom. The Morgan fingerprint density at radius 3 is 2.74 bits per heavy atom. The maximum atomic E-state index is 13.8. The number of benzene rings is 2. The van der Waals surface area contributed by atoms with Gasteiger partial charge in [0.25, 0.3) is 0 Å². The van der Waals surface area contributed by atoms with E-state index in [4.69, 9.17) is 0 Å². The third-order valence-corrected chi connectivity index (χ3v) is 4.39. The molecule has 5 nitrogen and oxygen atoms in total. The Hall–Kier alpha value is -3.72. The lowest BCUT2D eigenvalue weighted by Gasteiger charge is -2.12. The van der Waals surface area contributed by atoms with Crippen LogP contribution >= 0.6 is 0 Å². The Balaban J connectivity index is 1.79. The third-order valence-electron chi connectivity index (χ3n) is 4.39. The van der Waals surface area contributed by atoms with Crippen LogP contribution in [0.2, 0.25) is 0 Å². The summed E-state index contributed by atoms with van der Waals surface area (Å²) < 4.78 is 15.8. The van der Waals surface area contributed by atoms with E-state index in [0.29, 0.717) is 34.5 Å². The zero-order valence-electron chi connectivity index (χ0n) is 14.6. The molecule has 0 aliphatic rings. The van der Waals surface area contributed by atoms with Crippen molar-refractivity contribution >= 4 is 16.7 Å². The van der Waals surface area contributed by atoms with Gasteiger partial charge in [-0.2, -0.15) is 5.26 Å². The minimum absolute atomic E-state index is 0.310. The minimum Gasteiger partial charge on any atom is -0.377 e. The highest BCUT2D eigenvalue weighted by Gasteiger charge is 2.14. The summed E-state index contributed by atoms with van der Waals surface area (Å²) in [6, 6.07) is 18.2. The molecule has 0 atom stereocenters. The van der Waals surface area contributed by atoms with E-state index in [9.17, 15) is 9.65 Å². The summed E-state index contributed by atoms with van der Waals surface area (Å²) in [6.45, 7) is 2.18. The monoisotopic (exact) mass is 357 g/mol. The summed E-state index contributed by atoms with van der Waals surface area (Å²) in [5.74, 6) is 0.413. The lowest BCUT2D eigenvalue weighted by atomic mass is 10.2. The molecule has 0 aliphatic heterocycles. The van der Waals surface area contributed by atoms with E-state index in [-0.39, 0.29) is 5.82 Å². The first-order valence-corrected chi connectivity index (χ1v) is 8.49. The van der Waals surface area contributed by atoms with Crippen LogP contribution in [0, 0.1) is 24.1 Å². The van der Waals surface area contributed by atoms with E-state index in [2.05, 4.69) is 21.4 Å². The normalized spacial score (nSPS) is 10.7. The highest BCUT2D eigenvalue weighted by molar-refractivity contribution is 5.78. The predicted molar refractivity (Wildman–Crippen MR) is 102 cm³/mol. The van der Waals surface area contributed by atoms with Gasteiger partial charge in [-0.25, -0.2) is 9.37 Å². The van der Waals surface area contributed by atoms with Crippen LogP contribution in [0.4, 0.5) is 10.1 Å². The fourth-order valence-corrected chi connectivity index (χ4v) is 3.11. The Labute approximate surface area is 155 Å². The zero-order valence-corrected chi connectivity index (χ0v) is 14.6. The fourth-order valence-electron chi connectivity index (χ4n) is 3.11. The van der Waals surface area contributed by atoms with E-state index in [1.54, 1.807) is 25.3 Å². The van der Waals surface area contributed by atoms with Crippen molar-refractivity contribution in [1.82, 2.24) is 14.5 Å². The molecule has 2 heterocycles. The number of nitrogens with one attached hydrogen (secondary N) is 1. The summed E-state index contributed by atoms with van der Waals surface area (Å²) in [5.41, 5.74) is 4.18. The molecule has 6 heteroatoms. The van der Waals surface area contributed by atoms with Gasteiger partial charge in [-0.1, -0.05) is 18.2 Å². The summed E-state index contributed by atoms with van der Waals surface area (Å²) in [4.78, 5) is 8.81. The Morgan fingerprint density at radius 1 is 1.15 bits per heavy atom. The van der Waals surface area contributed by atoms with E-state index in [0.717, 1.165) is 11.5 Å². The summed E-state index contributed by atoms with van der Waals surface area (Å²) in [5, 5.41) is 12.6. The predicted octanol–water partition coefficient (Wildman–Crippen LogP) is 4.35. The van der Waals surface area contributed by atoms with Gasteiger partial charge in [0.15, 0.2) is 0 Å². The first kappa shape index (κ1) is 16.7. The van der Waals surface area contributed by atoms with E-state index < -0.39 is 0 Å². The van der Waals surface area contributed by atoms with Crippen molar-refractivity contribution in [2.24, 2.45) is 0 Å². The number of nitrogens with zero attached hydrogens (tertiary/aromatic N) is 4. The van der Waals surface area contributed by atoms with Crippen molar-refractivity contribution < 1.29 is 4.39 Å². The van der Waals surface area contributed by atoms with E-state index in [1.807, 2.05) is 34.9 Å². The third kappa shape index (κ3) is 3.11. The van der Waals surface area contributed by atoms with Crippen LogP contribution in [-0.4, -0.2) is 14.5 Å². The molecule has 132 valence electrons. The SMILES string of the molecule is Cc1nccc(NCc2nc3ccc(F)cc3n2-c2ccccc2)c1C#N. The van der Waals surface area contributed by atoms with Crippen LogP contribution in [0.3, 0.4) is 0 Å². The van der Waals surface area contributed by atoms with Crippen molar-refractivity contribution in [3.05, 3.63) is 83.7 Å². The molecular weight excluding hydrogens is 341 g/mol. The number of fused-ring (bicyclic) bond motifs is 1. The fraction of sp³-hybridized carbons (Fsp3) is 0.0952. The topological polar surface area (TPSA) is 66.5 Å². The molecule has 0 radical (unpaired) electrons. The highest BCUT2D eigenvalue weighted by atomic mass is 19.1. The van der Waals surface area contributed by atoms with Gasteiger partial charge in [-0.15, -0.1) is 0 Å². The summed E-state index contributed by atoms with van der Waals surface area (Å²) in [7, 11) is 0. The average molecular weight is 357 g/mol. The van der Waals surface area contributed by atoms with Gasteiger partial charge in [0.2, 0.25) is 0 Å². The van der Waals surface area contributed by atoms with Crippen LogP contribution in [0.15, 0.2) is 60.8 Å². The summed E-state index contributed by atoms with van der Waals surface area (Å²) in [6.07, 6.45) is 1.66. The molecule has 4 aromatic rings. The molecule has 0 bridgehead atoms. The van der Waals surface area contributed by atoms with Gasteiger partial charge >= 0.3 is 0 Å². The molecule has 1 N–H and O–H groups in total. The van der Waals surface area contributed by atoms with Gasteiger partial charge in [0, 0.05) is 18.0 Å². The molecule has 0 saturated carbocycles. The van der Waals surface area contributed by atoms with Gasteiger partial charge in [0.1, 0.15) is 17.7 Å². The molecule has 0 unspecified atom stereocenters. The van der Waals surface area contributed by atoms with Gasteiger partial charge in [-0.05, 0) is 37.3 Å². The van der Waals surface area contributed by atoms with Crippen LogP contribution in [-0.2, 0) is 6.54 Å². The minimum atomic E-state index is -0.310. The number of aryl methyl sites for hydroxylation is 1. The van der Waals surface area contributed by atoms with Gasteiger partial charge < -0.3 is 5.32 Å². The Kier molecular flexibility index (Phi) is 4.27. The number of hydrogen-bond acceptors (Lipinski definition) is 4. The second-order valence-electron chi connectivity index (χ2n) is 6.12. The largest absolute Gasteiger partial charge is 0.377 e. The number of pyridine rings is 1. The van der Waals surface area contributed by atoms with Crippen LogP contribution in [0.5, 0.6) is 0 Å². The quantitative estimate of drug-likeness (QED) is 0.590. The number of nitriles is 1. The smallest absolute Gasteiger partial charge is 0.133 e. The summed E-state index contributed by atoms with van der Waals surface area (Å²) >= 11 is 0. The molecule has 0 aliphatic carbocycles. The van der Waals surface area contributed by atoms with Crippen molar-refractivity contribution in [2.75, 3.05) is 5.32 Å². The molecule has 0 fully saturated rings. The van der Waals surface area contributed by atoms with Crippen LogP contribution in [0.1, 0.15) is 17.1 Å². The second-order valence-corrected chi connectivity index (χ2v) is 6.12. The van der Waals surface area contributed by atoms with Crippen molar-refractivity contribution in [3.8, 4) is 11.8 Å². The molecule has 2 aromatic heterocycles. The maximum absolute atomic E-state index is 13.8. The lowest BCUT2D eigenvalue weighted by Crippen LogP contribution is -2.09. The van der Waals surface area contributed by atoms with Gasteiger partial charge in [-0.3, -0.25) is 9.55 Å². The number of aromatic nitrogens is 3. The number of para-hydroxylation sites is 1. The van der Waals surface area contributed by atoms with Crippen molar-refractivity contribution in [3.63, 3.8) is 0 Å². The molecule has 2 aromatic carbocycles. The standard InChI is InChI=1S/C21H16FN5/c1-14-17(12-23)18(9-10-24-14)25-13-21-26-19-8-7-15(22)11-20(19)27(21)16-5-3-2-4-6-16/h2-11H,13H2,1H3,(H,24,25). The maximum Gasteiger partial charge on any atom is 0.133 e. The van der Waals surface area contributed by atoms with E-state index in [1.165, 1.54) is 12.1 Å². The molecule has 0 saturated heterocycles. The first-order chi connectivity index (χ1) is 13.2. The number of hydrogen-bond donors (Lipinski definition) is 1. The van der Waals surface area contributed by atoms with Crippen LogP contribution < -0.4 is 5.32 Å². The number of imidazole rings is 1. The van der Waals surface area contributed by atoms with Gasteiger partial charge in [0.05, 0.1) is 34.5 Å². The van der Waals surface area contributed by atoms with Crippen molar-refractivity contribution in [1.29, 1.82) is 5.26 Å². The van der Waals surface area contributed by atoms with Crippen LogP contribution in [0.25, 0.3) is 16.7 Å². The Bertz CT molecular complexity index is 1160. The lowest BCUT2D eigenvalue weighted by molar-refractivity contribution is 0.629. The number of halogens is 1. The molecule has 27 heavy (non-hydrogen) atoms. The first-order valence-electron chi connectivity index (χ1n) is 8.49. The number of anilines is 1. The van der Waals surface area contributed by atoms with Crippen molar-refractivity contribution in [2.45, 2.75) is 13.5 Å². The molecule has 0 spiro atoms. The molecule has 0 amide bonds. The van der Waals surface area contributed by atoms with E-state index >= 15 is 0 Å². The zero-order chi connectivity index (χ0) is 18.8. The molecule has 4 rings (SSSR count). The molecular formula is C21H16FN5. The average Bonchev–Trinajstić information content (AvgIpc) is 3.04.